The van der Waals surface area contributed by atoms with E-state index in [1.165, 1.54) is 51.4 Å². The summed E-state index contributed by atoms with van der Waals surface area (Å²) in [6.07, 6.45) is 17.9. The van der Waals surface area contributed by atoms with E-state index in [0.29, 0.717) is 0 Å². The quantitative estimate of drug-likeness (QED) is 0.508. The van der Waals surface area contributed by atoms with Crippen LogP contribution in [0.4, 0.5) is 0 Å². The van der Waals surface area contributed by atoms with Crippen LogP contribution in [0.15, 0.2) is 0 Å². The average molecular weight is 340 g/mol. The fraction of sp³-hybridized carbons (Fsp3) is 1.00. The Labute approximate surface area is 137 Å². The molecule has 0 amide bonds. The minimum atomic E-state index is -3.37. The molecule has 0 N–H and O–H groups in total. The van der Waals surface area contributed by atoms with Gasteiger partial charge >= 0.3 is 2.85 Å². The lowest BCUT2D eigenvalue weighted by Gasteiger charge is -2.39. The molecule has 130 valence electrons. The van der Waals surface area contributed by atoms with Crippen molar-refractivity contribution in [3.05, 3.63) is 0 Å². The third-order valence-corrected chi connectivity index (χ3v) is 9.00. The summed E-state index contributed by atoms with van der Waals surface area (Å²) in [5, 5.41) is 0. The van der Waals surface area contributed by atoms with Gasteiger partial charge in [0.05, 0.1) is 24.6 Å². The van der Waals surface area contributed by atoms with Crippen LogP contribution < -0.4 is 14.7 Å². The third kappa shape index (κ3) is 16.9. The van der Waals surface area contributed by atoms with Crippen LogP contribution in [-0.2, 0) is 0 Å². The van der Waals surface area contributed by atoms with Gasteiger partial charge < -0.3 is 23.3 Å². The standard InChI is InChI=1S/C16H36P.O3P/c1-5-9-13-17(14-10-6-2,15-11-7-3)16-12-8-4;1-4(2)3/h5-16H2,1-4H3;/q+1;-3/p+2. The molecule has 0 heterocycles. The van der Waals surface area contributed by atoms with Gasteiger partial charge in [-0.25, -0.2) is 0 Å². The number of hydrogen-bond donors (Lipinski definition) is 0. The van der Waals surface area contributed by atoms with Crippen molar-refractivity contribution in [3.63, 3.8) is 0 Å². The minimum Gasteiger partial charge on any atom is -0.854 e. The van der Waals surface area contributed by atoms with Crippen molar-refractivity contribution in [1.29, 1.82) is 0 Å². The second-order valence-electron chi connectivity index (χ2n) is 5.87. The van der Waals surface area contributed by atoms with Gasteiger partial charge in [-0.3, -0.25) is 0 Å². The predicted octanol–water partition coefficient (Wildman–Crippen LogP) is 3.72. The molecule has 0 aliphatic rings. The zero-order valence-electron chi connectivity index (χ0n) is 16.6. The minimum absolute atomic E-state index is 0. The van der Waals surface area contributed by atoms with E-state index in [2.05, 4.69) is 27.7 Å². The van der Waals surface area contributed by atoms with Gasteiger partial charge in [-0.2, -0.15) is 0 Å². The molecule has 0 atom stereocenters. The summed E-state index contributed by atoms with van der Waals surface area (Å²) >= 11 is 0. The molecule has 0 radical (unpaired) electrons. The van der Waals surface area contributed by atoms with E-state index in [1.807, 2.05) is 0 Å². The first-order valence-electron chi connectivity index (χ1n) is 8.64. The summed E-state index contributed by atoms with van der Waals surface area (Å²) in [4.78, 5) is 25.4. The molecule has 0 bridgehead atoms. The summed E-state index contributed by atoms with van der Waals surface area (Å²) in [5.41, 5.74) is 0. The second kappa shape index (κ2) is 17.1. The maximum atomic E-state index is 8.48. The summed E-state index contributed by atoms with van der Waals surface area (Å²) < 4.78 is 0. The average Bonchev–Trinajstić information content (AvgIpc) is 2.45. The Morgan fingerprint density at radius 1 is 0.619 bits per heavy atom. The molecule has 3 nitrogen and oxygen atoms in total. The third-order valence-electron chi connectivity index (χ3n) is 3.94. The molecule has 21 heavy (non-hydrogen) atoms. The highest BCUT2D eigenvalue weighted by molar-refractivity contribution is 7.75. The zero-order chi connectivity index (χ0) is 16.6. The van der Waals surface area contributed by atoms with Crippen molar-refractivity contribution in [2.75, 3.05) is 24.6 Å². The van der Waals surface area contributed by atoms with Crippen molar-refractivity contribution in [2.45, 2.75) is 79.1 Å². The Hall–Kier alpha value is 0.740. The van der Waals surface area contributed by atoms with Crippen LogP contribution in [0.3, 0.4) is 0 Å². The molecule has 0 spiro atoms. The molecular formula is C16H38O3P2. The Balaban J connectivity index is -0.000000268. The normalized spacial score (nSPS) is 11.4. The Kier molecular flexibility index (Phi) is 19.5. The second-order valence-corrected chi connectivity index (χ2v) is 10.8. The first-order valence-corrected chi connectivity index (χ1v) is 12.3. The lowest BCUT2D eigenvalue weighted by atomic mass is 10.4. The van der Waals surface area contributed by atoms with Crippen molar-refractivity contribution in [2.24, 2.45) is 0 Å². The fourth-order valence-electron chi connectivity index (χ4n) is 2.64. The van der Waals surface area contributed by atoms with Gasteiger partial charge in [-0.15, -0.1) is 0 Å². The zero-order valence-corrected chi connectivity index (χ0v) is 16.4. The number of unbranched alkanes of at least 4 members (excludes halogenated alkanes) is 4. The van der Waals surface area contributed by atoms with Crippen LogP contribution in [0, 0.1) is 0 Å². The molecule has 0 rings (SSSR count). The van der Waals surface area contributed by atoms with Gasteiger partial charge in [0.25, 0.3) is 0 Å². The van der Waals surface area contributed by atoms with E-state index in [0.717, 1.165) is 0 Å². The van der Waals surface area contributed by atoms with Crippen LogP contribution in [0.5, 0.6) is 0 Å². The maximum absolute atomic E-state index is 8.48. The van der Waals surface area contributed by atoms with E-state index in [4.69, 9.17) is 14.7 Å². The molecule has 5 heteroatoms. The van der Waals surface area contributed by atoms with Gasteiger partial charge in [0.1, 0.15) is 0 Å². The summed E-state index contributed by atoms with van der Waals surface area (Å²) in [5.74, 6) is 0. The maximum Gasteiger partial charge on any atom is 1.00 e. The molecule has 0 aromatic rings. The van der Waals surface area contributed by atoms with E-state index >= 15 is 0 Å². The van der Waals surface area contributed by atoms with E-state index in [-0.39, 0.29) is 2.85 Å². The molecular weight excluding hydrogens is 302 g/mol. The number of hydrogen-bond acceptors (Lipinski definition) is 3. The predicted molar refractivity (Wildman–Crippen MR) is 95.2 cm³/mol. The lowest BCUT2D eigenvalue weighted by Crippen LogP contribution is -2.18. The van der Waals surface area contributed by atoms with Gasteiger partial charge in [0, 0.05) is 7.26 Å². The molecule has 0 unspecified atom stereocenters. The molecule has 0 aliphatic heterocycles. The largest absolute Gasteiger partial charge is 1.00 e. The molecule has 0 aliphatic carbocycles. The van der Waals surface area contributed by atoms with E-state index in [9.17, 15) is 0 Å². The van der Waals surface area contributed by atoms with Gasteiger partial charge in [-0.1, -0.05) is 53.4 Å². The van der Waals surface area contributed by atoms with Crippen LogP contribution >= 0.6 is 15.9 Å². The summed E-state index contributed by atoms with van der Waals surface area (Å²) in [6, 6.07) is 0. The number of rotatable bonds is 12. The smallest absolute Gasteiger partial charge is 0.854 e. The van der Waals surface area contributed by atoms with E-state index < -0.39 is 15.9 Å². The van der Waals surface area contributed by atoms with Crippen LogP contribution in [0.2, 0.25) is 0 Å². The highest BCUT2D eigenvalue weighted by Crippen LogP contribution is 2.61. The molecule has 0 aromatic heterocycles. The molecule has 0 saturated carbocycles. The van der Waals surface area contributed by atoms with Crippen LogP contribution in [-0.4, -0.2) is 24.6 Å². The molecule has 0 aromatic carbocycles. The Bertz CT molecular complexity index is 171. The summed E-state index contributed by atoms with van der Waals surface area (Å²) in [7, 11) is -3.93. The van der Waals surface area contributed by atoms with E-state index in [1.54, 1.807) is 24.6 Å². The van der Waals surface area contributed by atoms with Crippen molar-refractivity contribution in [3.8, 4) is 0 Å². The Morgan fingerprint density at radius 2 is 0.810 bits per heavy atom. The topological polar surface area (TPSA) is 69.2 Å². The lowest BCUT2D eigenvalue weighted by molar-refractivity contribution is -0.407. The van der Waals surface area contributed by atoms with Gasteiger partial charge in [-0.05, 0) is 25.7 Å². The molecule has 0 fully saturated rings. The highest BCUT2D eigenvalue weighted by atomic mass is 31.2. The highest BCUT2D eigenvalue weighted by Gasteiger charge is 2.34. The first kappa shape index (κ1) is 24.0. The van der Waals surface area contributed by atoms with Crippen molar-refractivity contribution in [1.82, 2.24) is 0 Å². The van der Waals surface area contributed by atoms with Crippen LogP contribution in [0.1, 0.15) is 81.9 Å². The van der Waals surface area contributed by atoms with Crippen molar-refractivity contribution >= 4 is 15.9 Å². The molecule has 0 saturated heterocycles. The van der Waals surface area contributed by atoms with Crippen molar-refractivity contribution < 1.29 is 17.5 Å². The Morgan fingerprint density at radius 3 is 0.952 bits per heavy atom. The van der Waals surface area contributed by atoms with Gasteiger partial charge in [0.15, 0.2) is 0 Å². The monoisotopic (exact) mass is 340 g/mol. The summed E-state index contributed by atoms with van der Waals surface area (Å²) in [6.45, 7) is 9.42. The first-order chi connectivity index (χ1) is 9.97. The van der Waals surface area contributed by atoms with Gasteiger partial charge in [0.2, 0.25) is 0 Å². The van der Waals surface area contributed by atoms with Crippen LogP contribution in [0.25, 0.3) is 0 Å². The fourth-order valence-corrected chi connectivity index (χ4v) is 7.93. The SMILES string of the molecule is CCCC[P+](CCCC)(CCCC)CCCC.[H+].[H+].[O-]P([O-])[O-].